The minimum Gasteiger partial charge on any atom is -0.477 e. The van der Waals surface area contributed by atoms with E-state index >= 15 is 0 Å². The zero-order chi connectivity index (χ0) is 11.0. The molecule has 0 fully saturated rings. The highest BCUT2D eigenvalue weighted by Gasteiger charge is 2.10. The summed E-state index contributed by atoms with van der Waals surface area (Å²) in [6, 6.07) is 5.22. The number of hydrogen-bond acceptors (Lipinski definition) is 2. The molecule has 4 nitrogen and oxygen atoms in total. The molecule has 1 heterocycles. The van der Waals surface area contributed by atoms with Gasteiger partial charge in [0.2, 0.25) is 5.43 Å². The van der Waals surface area contributed by atoms with Gasteiger partial charge in [0.15, 0.2) is 0 Å². The minimum atomic E-state index is -1.21. The molecule has 0 aliphatic heterocycles. The van der Waals surface area contributed by atoms with Crippen molar-refractivity contribution in [2.24, 2.45) is 0 Å². The molecular weight excluding hydrogens is 194 g/mol. The van der Waals surface area contributed by atoms with E-state index in [2.05, 4.69) is 4.98 Å². The summed E-state index contributed by atoms with van der Waals surface area (Å²) in [5.41, 5.74) is 0.994. The molecule has 0 atom stereocenters. The van der Waals surface area contributed by atoms with Gasteiger partial charge in [-0.05, 0) is 24.6 Å². The van der Waals surface area contributed by atoms with Crippen LogP contribution in [-0.2, 0) is 0 Å². The van der Waals surface area contributed by atoms with Crippen LogP contribution in [0.1, 0.15) is 15.9 Å². The maximum atomic E-state index is 11.7. The van der Waals surface area contributed by atoms with Crippen molar-refractivity contribution in [2.45, 2.75) is 6.92 Å². The molecule has 1 aromatic carbocycles. The number of carboxylic acids is 1. The van der Waals surface area contributed by atoms with Gasteiger partial charge in [-0.3, -0.25) is 4.79 Å². The van der Waals surface area contributed by atoms with E-state index in [-0.39, 0.29) is 5.56 Å². The number of H-pyrrole nitrogens is 1. The van der Waals surface area contributed by atoms with Crippen LogP contribution in [0.3, 0.4) is 0 Å². The van der Waals surface area contributed by atoms with E-state index in [9.17, 15) is 9.59 Å². The number of hydrogen-bond donors (Lipinski definition) is 2. The van der Waals surface area contributed by atoms with Crippen molar-refractivity contribution >= 4 is 16.9 Å². The van der Waals surface area contributed by atoms with Gasteiger partial charge in [0.1, 0.15) is 5.56 Å². The predicted molar refractivity (Wildman–Crippen MR) is 56.3 cm³/mol. The topological polar surface area (TPSA) is 70.2 Å². The van der Waals surface area contributed by atoms with Gasteiger partial charge in [-0.1, -0.05) is 6.07 Å². The molecule has 0 aliphatic rings. The maximum Gasteiger partial charge on any atom is 0.341 e. The van der Waals surface area contributed by atoms with Crippen LogP contribution >= 0.6 is 0 Å². The van der Waals surface area contributed by atoms with E-state index in [0.717, 1.165) is 5.56 Å². The van der Waals surface area contributed by atoms with Gasteiger partial charge in [0, 0.05) is 17.1 Å². The van der Waals surface area contributed by atoms with E-state index in [1.54, 1.807) is 12.1 Å². The lowest BCUT2D eigenvalue weighted by molar-refractivity contribution is 0.0695. The number of benzene rings is 1. The molecule has 2 N–H and O–H groups in total. The van der Waals surface area contributed by atoms with Crippen molar-refractivity contribution in [3.63, 3.8) is 0 Å². The fourth-order valence-electron chi connectivity index (χ4n) is 1.49. The van der Waals surface area contributed by atoms with Gasteiger partial charge in [-0.15, -0.1) is 0 Å². The van der Waals surface area contributed by atoms with Crippen LogP contribution in [0.15, 0.2) is 29.2 Å². The van der Waals surface area contributed by atoms with Crippen LogP contribution in [0.4, 0.5) is 0 Å². The Hall–Kier alpha value is -2.10. The Kier molecular flexibility index (Phi) is 2.04. The number of aromatic nitrogens is 1. The molecule has 76 valence electrons. The van der Waals surface area contributed by atoms with Crippen LogP contribution in [0.25, 0.3) is 10.9 Å². The van der Waals surface area contributed by atoms with E-state index in [1.165, 1.54) is 6.20 Å². The van der Waals surface area contributed by atoms with Gasteiger partial charge in [0.25, 0.3) is 0 Å². The average Bonchev–Trinajstić information content (AvgIpc) is 2.17. The molecule has 0 unspecified atom stereocenters. The molecule has 0 saturated carbocycles. The zero-order valence-corrected chi connectivity index (χ0v) is 8.07. The number of rotatable bonds is 1. The second-order valence-corrected chi connectivity index (χ2v) is 3.39. The summed E-state index contributed by atoms with van der Waals surface area (Å²) in [5, 5.41) is 9.16. The number of fused-ring (bicyclic) bond motifs is 1. The Morgan fingerprint density at radius 1 is 1.40 bits per heavy atom. The number of aryl methyl sites for hydroxylation is 1. The fraction of sp³-hybridized carbons (Fsp3) is 0.0909. The smallest absolute Gasteiger partial charge is 0.341 e. The molecule has 0 bridgehead atoms. The van der Waals surface area contributed by atoms with Crippen molar-refractivity contribution in [2.75, 3.05) is 0 Å². The first-order valence-corrected chi connectivity index (χ1v) is 4.45. The summed E-state index contributed by atoms with van der Waals surface area (Å²) in [6.07, 6.45) is 1.23. The Bertz CT molecular complexity index is 598. The van der Waals surface area contributed by atoms with Crippen LogP contribution < -0.4 is 5.43 Å². The molecular formula is C11H9NO3. The van der Waals surface area contributed by atoms with Crippen molar-refractivity contribution in [1.29, 1.82) is 0 Å². The molecule has 2 aromatic rings. The van der Waals surface area contributed by atoms with Crippen molar-refractivity contribution in [1.82, 2.24) is 4.98 Å². The summed E-state index contributed by atoms with van der Waals surface area (Å²) in [6.45, 7) is 1.91. The highest BCUT2D eigenvalue weighted by Crippen LogP contribution is 2.10. The molecule has 0 radical (unpaired) electrons. The lowest BCUT2D eigenvalue weighted by Crippen LogP contribution is -2.15. The Balaban J connectivity index is 2.86. The normalized spacial score (nSPS) is 10.5. The van der Waals surface area contributed by atoms with E-state index in [1.807, 2.05) is 13.0 Å². The quantitative estimate of drug-likeness (QED) is 0.738. The molecule has 2 rings (SSSR count). The summed E-state index contributed by atoms with van der Waals surface area (Å²) in [5.74, 6) is -1.21. The van der Waals surface area contributed by atoms with Crippen molar-refractivity contribution in [3.8, 4) is 0 Å². The third-order valence-electron chi connectivity index (χ3n) is 2.27. The van der Waals surface area contributed by atoms with Gasteiger partial charge >= 0.3 is 5.97 Å². The number of carbonyl (C=O) groups is 1. The van der Waals surface area contributed by atoms with Crippen LogP contribution in [-0.4, -0.2) is 16.1 Å². The van der Waals surface area contributed by atoms with Crippen LogP contribution in [0.5, 0.6) is 0 Å². The fourth-order valence-corrected chi connectivity index (χ4v) is 1.49. The molecule has 0 aliphatic carbocycles. The molecule has 0 saturated heterocycles. The van der Waals surface area contributed by atoms with E-state index in [4.69, 9.17) is 5.11 Å². The second-order valence-electron chi connectivity index (χ2n) is 3.39. The standard InChI is InChI=1S/C11H9NO3/c1-6-2-3-7-9(4-6)12-5-8(10(7)13)11(14)15/h2-5H,1H3,(H,12,13)(H,14,15). The van der Waals surface area contributed by atoms with Gasteiger partial charge in [0.05, 0.1) is 0 Å². The highest BCUT2D eigenvalue weighted by molar-refractivity contribution is 5.92. The minimum absolute atomic E-state index is 0.230. The third kappa shape index (κ3) is 1.50. The molecule has 15 heavy (non-hydrogen) atoms. The molecule has 0 spiro atoms. The van der Waals surface area contributed by atoms with E-state index < -0.39 is 11.4 Å². The Morgan fingerprint density at radius 2 is 2.13 bits per heavy atom. The maximum absolute atomic E-state index is 11.7. The van der Waals surface area contributed by atoms with E-state index in [0.29, 0.717) is 10.9 Å². The number of aromatic carboxylic acids is 1. The SMILES string of the molecule is Cc1ccc2c(=O)c(C(=O)O)c[nH]c2c1. The van der Waals surface area contributed by atoms with Crippen molar-refractivity contribution in [3.05, 3.63) is 45.7 Å². The lowest BCUT2D eigenvalue weighted by atomic mass is 10.1. The summed E-state index contributed by atoms with van der Waals surface area (Å²) in [7, 11) is 0. The molecule has 0 amide bonds. The van der Waals surface area contributed by atoms with Crippen LogP contribution in [0, 0.1) is 6.92 Å². The largest absolute Gasteiger partial charge is 0.477 e. The average molecular weight is 203 g/mol. The first-order chi connectivity index (χ1) is 7.09. The monoisotopic (exact) mass is 203 g/mol. The molecule has 1 aromatic heterocycles. The van der Waals surface area contributed by atoms with Gasteiger partial charge < -0.3 is 10.1 Å². The third-order valence-corrected chi connectivity index (χ3v) is 2.27. The molecule has 4 heteroatoms. The first-order valence-electron chi connectivity index (χ1n) is 4.45. The Morgan fingerprint density at radius 3 is 2.80 bits per heavy atom. The van der Waals surface area contributed by atoms with Gasteiger partial charge in [-0.2, -0.15) is 0 Å². The zero-order valence-electron chi connectivity index (χ0n) is 8.07. The Labute approximate surface area is 85.2 Å². The summed E-state index contributed by atoms with van der Waals surface area (Å²) in [4.78, 5) is 25.2. The van der Waals surface area contributed by atoms with Gasteiger partial charge in [-0.25, -0.2) is 4.79 Å². The predicted octanol–water partition coefficient (Wildman–Crippen LogP) is 1.53. The summed E-state index contributed by atoms with van der Waals surface area (Å²) < 4.78 is 0. The number of carboxylic acid groups (broad SMARTS) is 1. The second kappa shape index (κ2) is 3.24. The summed E-state index contributed by atoms with van der Waals surface area (Å²) >= 11 is 0. The van der Waals surface area contributed by atoms with Crippen LogP contribution in [0.2, 0.25) is 0 Å². The number of pyridine rings is 1. The number of aromatic amines is 1. The lowest BCUT2D eigenvalue weighted by Gasteiger charge is -2.00. The highest BCUT2D eigenvalue weighted by atomic mass is 16.4. The van der Waals surface area contributed by atoms with Crippen molar-refractivity contribution < 1.29 is 9.90 Å². The first kappa shape index (κ1) is 9.45. The number of nitrogens with one attached hydrogen (secondary N) is 1.